The van der Waals surface area contributed by atoms with E-state index < -0.39 is 0 Å². The Kier molecular flexibility index (Phi) is 2.74. The van der Waals surface area contributed by atoms with Crippen molar-refractivity contribution in [3.8, 4) is 0 Å². The maximum absolute atomic E-state index is 11.6. The van der Waals surface area contributed by atoms with E-state index >= 15 is 0 Å². The number of carbonyl (C=O) groups excluding carboxylic acids is 1. The van der Waals surface area contributed by atoms with Gasteiger partial charge in [-0.15, -0.1) is 0 Å². The molecule has 2 rings (SSSR count). The number of aliphatic hydroxyl groups is 1. The van der Waals surface area contributed by atoms with Crippen LogP contribution in [0.25, 0.3) is 0 Å². The van der Waals surface area contributed by atoms with E-state index in [4.69, 9.17) is 5.11 Å². The Morgan fingerprint density at radius 1 is 1.36 bits per heavy atom. The summed E-state index contributed by atoms with van der Waals surface area (Å²) in [5.41, 5.74) is 0. The lowest BCUT2D eigenvalue weighted by Crippen LogP contribution is -2.53. The summed E-state index contributed by atoms with van der Waals surface area (Å²) in [6.07, 6.45) is 2.71. The molecule has 2 saturated heterocycles. The molecule has 0 radical (unpaired) electrons. The first-order valence-electron chi connectivity index (χ1n) is 5.33. The first-order valence-corrected chi connectivity index (χ1v) is 5.33. The van der Waals surface area contributed by atoms with Gasteiger partial charge in [0.25, 0.3) is 0 Å². The van der Waals surface area contributed by atoms with Gasteiger partial charge in [0.15, 0.2) is 0 Å². The number of hydrogen-bond acceptors (Lipinski definition) is 3. The number of rotatable bonds is 2. The van der Waals surface area contributed by atoms with E-state index in [-0.39, 0.29) is 18.9 Å². The van der Waals surface area contributed by atoms with E-state index in [1.54, 1.807) is 0 Å². The number of likely N-dealkylation sites (N-methyl/N-ethyl adjacent to an activating group) is 1. The van der Waals surface area contributed by atoms with Crippen molar-refractivity contribution < 1.29 is 9.90 Å². The van der Waals surface area contributed by atoms with Gasteiger partial charge in [-0.25, -0.2) is 0 Å². The van der Waals surface area contributed by atoms with Gasteiger partial charge >= 0.3 is 0 Å². The van der Waals surface area contributed by atoms with Crippen molar-refractivity contribution in [1.29, 1.82) is 0 Å². The van der Waals surface area contributed by atoms with Crippen molar-refractivity contribution in [1.82, 2.24) is 9.80 Å². The third kappa shape index (κ3) is 1.64. The molecule has 0 aromatic carbocycles. The van der Waals surface area contributed by atoms with Crippen LogP contribution in [0.1, 0.15) is 19.3 Å². The summed E-state index contributed by atoms with van der Waals surface area (Å²) in [5, 5.41) is 8.71. The number of hydrogen-bond donors (Lipinski definition) is 1. The number of amides is 1. The Bertz CT molecular complexity index is 218. The van der Waals surface area contributed by atoms with Gasteiger partial charge in [-0.1, -0.05) is 0 Å². The summed E-state index contributed by atoms with van der Waals surface area (Å²) in [7, 11) is 2.15. The van der Waals surface area contributed by atoms with Gasteiger partial charge < -0.3 is 10.0 Å². The number of piperazine rings is 1. The number of carbonyl (C=O) groups is 1. The number of likely N-dealkylation sites (tertiary alicyclic amines) is 1. The van der Waals surface area contributed by atoms with Crippen LogP contribution in [0.3, 0.4) is 0 Å². The standard InChI is InChI=1S/C10H18N2O2/c1-11-8-2-3-9(11)7-12(6-8)10(14)4-5-13/h8-9,13H,2-7H2,1H3. The highest BCUT2D eigenvalue weighted by atomic mass is 16.3. The van der Waals surface area contributed by atoms with Crippen molar-refractivity contribution in [2.24, 2.45) is 0 Å². The minimum absolute atomic E-state index is 0.0273. The van der Waals surface area contributed by atoms with Gasteiger partial charge in [-0.2, -0.15) is 0 Å². The molecular weight excluding hydrogens is 180 g/mol. The van der Waals surface area contributed by atoms with Crippen LogP contribution in [0.5, 0.6) is 0 Å². The van der Waals surface area contributed by atoms with E-state index in [0.717, 1.165) is 13.1 Å². The molecule has 0 aromatic rings. The zero-order valence-corrected chi connectivity index (χ0v) is 8.65. The largest absolute Gasteiger partial charge is 0.396 e. The molecule has 1 amide bonds. The molecule has 2 aliphatic heterocycles. The van der Waals surface area contributed by atoms with E-state index in [1.165, 1.54) is 12.8 Å². The van der Waals surface area contributed by atoms with E-state index in [9.17, 15) is 4.79 Å². The summed E-state index contributed by atoms with van der Waals surface area (Å²) in [6.45, 7) is 1.68. The Balaban J connectivity index is 1.95. The Morgan fingerprint density at radius 2 is 1.93 bits per heavy atom. The monoisotopic (exact) mass is 198 g/mol. The van der Waals surface area contributed by atoms with Crippen molar-refractivity contribution in [3.63, 3.8) is 0 Å². The fourth-order valence-corrected chi connectivity index (χ4v) is 2.57. The van der Waals surface area contributed by atoms with Gasteiger partial charge in [0.2, 0.25) is 5.91 Å². The Morgan fingerprint density at radius 3 is 2.43 bits per heavy atom. The lowest BCUT2D eigenvalue weighted by Gasteiger charge is -2.38. The molecule has 2 atom stereocenters. The third-order valence-corrected chi connectivity index (χ3v) is 3.53. The minimum Gasteiger partial charge on any atom is -0.396 e. The Labute approximate surface area is 84.5 Å². The van der Waals surface area contributed by atoms with Gasteiger partial charge in [0.1, 0.15) is 0 Å². The molecule has 2 aliphatic rings. The summed E-state index contributed by atoms with van der Waals surface area (Å²) in [6, 6.07) is 1.10. The molecule has 80 valence electrons. The summed E-state index contributed by atoms with van der Waals surface area (Å²) in [5.74, 6) is 0.109. The van der Waals surface area contributed by atoms with Crippen LogP contribution in [-0.2, 0) is 4.79 Å². The maximum Gasteiger partial charge on any atom is 0.224 e. The second-order valence-electron chi connectivity index (χ2n) is 4.32. The quantitative estimate of drug-likeness (QED) is 0.661. The summed E-state index contributed by atoms with van der Waals surface area (Å²) in [4.78, 5) is 15.9. The second kappa shape index (κ2) is 3.87. The smallest absolute Gasteiger partial charge is 0.224 e. The van der Waals surface area contributed by atoms with Crippen LogP contribution >= 0.6 is 0 Å². The first kappa shape index (κ1) is 9.93. The predicted molar refractivity (Wildman–Crippen MR) is 52.9 cm³/mol. The first-order chi connectivity index (χ1) is 6.72. The predicted octanol–water partition coefficient (Wildman–Crippen LogP) is -0.326. The summed E-state index contributed by atoms with van der Waals surface area (Å²) < 4.78 is 0. The number of aliphatic hydroxyl groups excluding tert-OH is 1. The fraction of sp³-hybridized carbons (Fsp3) is 0.900. The van der Waals surface area contributed by atoms with Crippen LogP contribution in [0.2, 0.25) is 0 Å². The molecule has 4 nitrogen and oxygen atoms in total. The average Bonchev–Trinajstić information content (AvgIpc) is 2.42. The van der Waals surface area contributed by atoms with Crippen LogP contribution in [0, 0.1) is 0 Å². The molecule has 1 N–H and O–H groups in total. The molecule has 2 heterocycles. The molecular formula is C10H18N2O2. The highest BCUT2D eigenvalue weighted by Crippen LogP contribution is 2.28. The van der Waals surface area contributed by atoms with Crippen molar-refractivity contribution in [2.75, 3.05) is 26.7 Å². The van der Waals surface area contributed by atoms with E-state index in [0.29, 0.717) is 12.1 Å². The molecule has 0 saturated carbocycles. The van der Waals surface area contributed by atoms with Crippen molar-refractivity contribution >= 4 is 5.91 Å². The van der Waals surface area contributed by atoms with Crippen LogP contribution in [0.4, 0.5) is 0 Å². The van der Waals surface area contributed by atoms with Crippen molar-refractivity contribution in [3.05, 3.63) is 0 Å². The molecule has 14 heavy (non-hydrogen) atoms. The lowest BCUT2D eigenvalue weighted by molar-refractivity contribution is -0.134. The van der Waals surface area contributed by atoms with E-state index in [1.807, 2.05) is 4.90 Å². The van der Waals surface area contributed by atoms with Gasteiger partial charge in [0.05, 0.1) is 6.61 Å². The second-order valence-corrected chi connectivity index (χ2v) is 4.32. The zero-order valence-electron chi connectivity index (χ0n) is 8.65. The highest BCUT2D eigenvalue weighted by Gasteiger charge is 2.38. The average molecular weight is 198 g/mol. The van der Waals surface area contributed by atoms with E-state index in [2.05, 4.69) is 11.9 Å². The SMILES string of the molecule is CN1C2CCC1CN(C(=O)CCO)C2. The topological polar surface area (TPSA) is 43.8 Å². The molecule has 0 spiro atoms. The molecule has 2 fully saturated rings. The van der Waals surface area contributed by atoms with Gasteiger partial charge in [-0.3, -0.25) is 9.69 Å². The number of nitrogens with zero attached hydrogens (tertiary/aromatic N) is 2. The normalized spacial score (nSPS) is 32.3. The molecule has 0 aromatic heterocycles. The minimum atomic E-state index is -0.0273. The maximum atomic E-state index is 11.6. The van der Waals surface area contributed by atoms with Crippen LogP contribution < -0.4 is 0 Å². The fourth-order valence-electron chi connectivity index (χ4n) is 2.57. The molecule has 4 heteroatoms. The van der Waals surface area contributed by atoms with Crippen LogP contribution in [0.15, 0.2) is 0 Å². The highest BCUT2D eigenvalue weighted by molar-refractivity contribution is 5.76. The number of fused-ring (bicyclic) bond motifs is 2. The summed E-state index contributed by atoms with van der Waals surface area (Å²) >= 11 is 0. The van der Waals surface area contributed by atoms with Gasteiger partial charge in [-0.05, 0) is 19.9 Å². The van der Waals surface area contributed by atoms with Crippen molar-refractivity contribution in [2.45, 2.75) is 31.3 Å². The molecule has 2 unspecified atom stereocenters. The van der Waals surface area contributed by atoms with Crippen LogP contribution in [-0.4, -0.2) is 59.6 Å². The Hall–Kier alpha value is -0.610. The molecule has 2 bridgehead atoms. The molecule has 0 aliphatic carbocycles. The zero-order chi connectivity index (χ0) is 10.1. The lowest BCUT2D eigenvalue weighted by atomic mass is 10.2. The van der Waals surface area contributed by atoms with Gasteiger partial charge in [0, 0.05) is 31.6 Å². The third-order valence-electron chi connectivity index (χ3n) is 3.53.